The average Bonchev–Trinajstić information content (AvgIpc) is 3.10. The lowest BCUT2D eigenvalue weighted by Crippen LogP contribution is -2.14. The minimum absolute atomic E-state index is 0.0459. The van der Waals surface area contributed by atoms with Crippen LogP contribution in [0.15, 0.2) is 53.7 Å². The highest BCUT2D eigenvalue weighted by molar-refractivity contribution is 7.99. The minimum Gasteiger partial charge on any atom is -0.325 e. The highest BCUT2D eigenvalue weighted by Crippen LogP contribution is 2.25. The van der Waals surface area contributed by atoms with Crippen LogP contribution in [0.1, 0.15) is 44.2 Å². The van der Waals surface area contributed by atoms with Crippen LogP contribution in [0.5, 0.6) is 0 Å². The number of rotatable bonds is 8. The SMILES string of the molecule is CCCn1c(SCC(=O)Nc2ccc(C(C)C)cc2)nnc1-c1cccc(C)c1. The molecule has 1 aromatic heterocycles. The first kappa shape index (κ1) is 21.1. The van der Waals surface area contributed by atoms with Crippen LogP contribution in [0.3, 0.4) is 0 Å². The summed E-state index contributed by atoms with van der Waals surface area (Å²) >= 11 is 1.42. The van der Waals surface area contributed by atoms with Gasteiger partial charge in [-0.1, -0.05) is 68.4 Å². The maximum absolute atomic E-state index is 12.4. The van der Waals surface area contributed by atoms with E-state index in [9.17, 15) is 4.79 Å². The van der Waals surface area contributed by atoms with Crippen LogP contribution in [-0.4, -0.2) is 26.4 Å². The highest BCUT2D eigenvalue weighted by atomic mass is 32.2. The summed E-state index contributed by atoms with van der Waals surface area (Å²) in [5, 5.41) is 12.5. The lowest BCUT2D eigenvalue weighted by Gasteiger charge is -2.10. The van der Waals surface area contributed by atoms with E-state index in [0.717, 1.165) is 35.2 Å². The number of carbonyl (C=O) groups excluding carboxylic acids is 1. The topological polar surface area (TPSA) is 59.8 Å². The van der Waals surface area contributed by atoms with Crippen molar-refractivity contribution in [3.8, 4) is 11.4 Å². The molecule has 6 heteroatoms. The summed E-state index contributed by atoms with van der Waals surface area (Å²) in [4.78, 5) is 12.4. The molecule has 5 nitrogen and oxygen atoms in total. The van der Waals surface area contributed by atoms with Crippen molar-refractivity contribution in [1.29, 1.82) is 0 Å². The van der Waals surface area contributed by atoms with E-state index in [2.05, 4.69) is 72.0 Å². The first-order chi connectivity index (χ1) is 14.0. The first-order valence-electron chi connectivity index (χ1n) is 10.0. The molecular weight excluding hydrogens is 380 g/mol. The van der Waals surface area contributed by atoms with Gasteiger partial charge in [0.1, 0.15) is 0 Å². The molecule has 1 N–H and O–H groups in total. The standard InChI is InChI=1S/C23H28N4OS/c1-5-13-27-22(19-8-6-7-17(4)14-19)25-26-23(27)29-15-21(28)24-20-11-9-18(10-12-20)16(2)3/h6-12,14,16H,5,13,15H2,1-4H3,(H,24,28). The highest BCUT2D eigenvalue weighted by Gasteiger charge is 2.15. The Morgan fingerprint density at radius 3 is 2.55 bits per heavy atom. The Bertz CT molecular complexity index is 963. The van der Waals surface area contributed by atoms with Gasteiger partial charge in [-0.3, -0.25) is 4.79 Å². The molecule has 0 radical (unpaired) electrons. The van der Waals surface area contributed by atoms with E-state index in [1.807, 2.05) is 24.3 Å². The molecule has 0 aliphatic heterocycles. The number of hydrogen-bond acceptors (Lipinski definition) is 4. The molecule has 0 atom stereocenters. The van der Waals surface area contributed by atoms with E-state index >= 15 is 0 Å². The zero-order valence-electron chi connectivity index (χ0n) is 17.5. The van der Waals surface area contributed by atoms with Crippen LogP contribution < -0.4 is 5.32 Å². The third-order valence-corrected chi connectivity index (χ3v) is 5.60. The zero-order valence-corrected chi connectivity index (χ0v) is 18.3. The molecule has 1 heterocycles. The predicted molar refractivity (Wildman–Crippen MR) is 120 cm³/mol. The summed E-state index contributed by atoms with van der Waals surface area (Å²) in [6.07, 6.45) is 0.971. The lowest BCUT2D eigenvalue weighted by atomic mass is 10.0. The van der Waals surface area contributed by atoms with E-state index < -0.39 is 0 Å². The van der Waals surface area contributed by atoms with Crippen molar-refractivity contribution < 1.29 is 4.79 Å². The van der Waals surface area contributed by atoms with Gasteiger partial charge in [0.25, 0.3) is 0 Å². The van der Waals surface area contributed by atoms with E-state index in [0.29, 0.717) is 11.7 Å². The second-order valence-corrected chi connectivity index (χ2v) is 8.38. The fourth-order valence-electron chi connectivity index (χ4n) is 3.10. The number of thioether (sulfide) groups is 1. The molecule has 0 saturated carbocycles. The van der Waals surface area contributed by atoms with Crippen molar-refractivity contribution in [2.75, 3.05) is 11.1 Å². The van der Waals surface area contributed by atoms with Gasteiger partial charge in [0.05, 0.1) is 5.75 Å². The molecule has 3 aromatic rings. The Hall–Kier alpha value is -2.60. The Morgan fingerprint density at radius 1 is 1.14 bits per heavy atom. The van der Waals surface area contributed by atoms with Gasteiger partial charge in [0, 0.05) is 17.8 Å². The number of amides is 1. The second kappa shape index (κ2) is 9.74. The van der Waals surface area contributed by atoms with E-state index in [4.69, 9.17) is 0 Å². The Morgan fingerprint density at radius 2 is 1.90 bits per heavy atom. The maximum Gasteiger partial charge on any atom is 0.234 e. The van der Waals surface area contributed by atoms with Crippen molar-refractivity contribution in [3.63, 3.8) is 0 Å². The number of anilines is 1. The summed E-state index contributed by atoms with van der Waals surface area (Å²) in [6, 6.07) is 16.3. The molecule has 152 valence electrons. The Labute approximate surface area is 176 Å². The molecule has 0 fully saturated rings. The third-order valence-electron chi connectivity index (χ3n) is 4.63. The molecule has 29 heavy (non-hydrogen) atoms. The molecule has 0 spiro atoms. The average molecular weight is 409 g/mol. The van der Waals surface area contributed by atoms with E-state index in [1.165, 1.54) is 22.9 Å². The van der Waals surface area contributed by atoms with E-state index in [-0.39, 0.29) is 5.91 Å². The van der Waals surface area contributed by atoms with Crippen molar-refractivity contribution in [3.05, 3.63) is 59.7 Å². The molecule has 1 amide bonds. The summed E-state index contributed by atoms with van der Waals surface area (Å²) in [7, 11) is 0. The van der Waals surface area contributed by atoms with Crippen LogP contribution >= 0.6 is 11.8 Å². The smallest absolute Gasteiger partial charge is 0.234 e. The number of aryl methyl sites for hydroxylation is 1. The van der Waals surface area contributed by atoms with Crippen LogP contribution in [0.25, 0.3) is 11.4 Å². The Balaban J connectivity index is 1.67. The van der Waals surface area contributed by atoms with Crippen molar-refractivity contribution >= 4 is 23.4 Å². The molecule has 0 aliphatic carbocycles. The number of nitrogens with zero attached hydrogens (tertiary/aromatic N) is 3. The fraction of sp³-hybridized carbons (Fsp3) is 0.348. The second-order valence-electron chi connectivity index (χ2n) is 7.44. The summed E-state index contributed by atoms with van der Waals surface area (Å²) < 4.78 is 2.10. The fourth-order valence-corrected chi connectivity index (χ4v) is 3.86. The van der Waals surface area contributed by atoms with Gasteiger partial charge in [-0.2, -0.15) is 0 Å². The van der Waals surface area contributed by atoms with Gasteiger partial charge >= 0.3 is 0 Å². The molecular formula is C23H28N4OS. The number of hydrogen-bond donors (Lipinski definition) is 1. The van der Waals surface area contributed by atoms with Crippen LogP contribution in [0.2, 0.25) is 0 Å². The monoisotopic (exact) mass is 408 g/mol. The van der Waals surface area contributed by atoms with Crippen molar-refractivity contribution in [1.82, 2.24) is 14.8 Å². The van der Waals surface area contributed by atoms with Gasteiger partial charge < -0.3 is 9.88 Å². The third kappa shape index (κ3) is 5.48. The maximum atomic E-state index is 12.4. The Kier molecular flexibility index (Phi) is 7.09. The molecule has 0 bridgehead atoms. The van der Waals surface area contributed by atoms with Gasteiger partial charge in [-0.05, 0) is 43.0 Å². The molecule has 0 saturated heterocycles. The number of nitrogens with one attached hydrogen (secondary N) is 1. The lowest BCUT2D eigenvalue weighted by molar-refractivity contribution is -0.113. The number of benzene rings is 2. The molecule has 0 unspecified atom stereocenters. The summed E-state index contributed by atoms with van der Waals surface area (Å²) in [5.41, 5.74) is 4.31. The number of aromatic nitrogens is 3. The van der Waals surface area contributed by atoms with Gasteiger partial charge in [0.15, 0.2) is 11.0 Å². The number of carbonyl (C=O) groups is 1. The first-order valence-corrected chi connectivity index (χ1v) is 11.0. The minimum atomic E-state index is -0.0459. The van der Waals surface area contributed by atoms with Crippen LogP contribution in [0.4, 0.5) is 5.69 Å². The largest absolute Gasteiger partial charge is 0.325 e. The summed E-state index contributed by atoms with van der Waals surface area (Å²) in [6.45, 7) is 9.32. The molecule has 0 aliphatic rings. The quantitative estimate of drug-likeness (QED) is 0.499. The molecule has 2 aromatic carbocycles. The van der Waals surface area contributed by atoms with Crippen LogP contribution in [-0.2, 0) is 11.3 Å². The molecule has 3 rings (SSSR count). The van der Waals surface area contributed by atoms with Gasteiger partial charge in [0.2, 0.25) is 5.91 Å². The van der Waals surface area contributed by atoms with Gasteiger partial charge in [-0.15, -0.1) is 10.2 Å². The van der Waals surface area contributed by atoms with Crippen LogP contribution in [0, 0.1) is 6.92 Å². The zero-order chi connectivity index (χ0) is 20.8. The van der Waals surface area contributed by atoms with Crippen molar-refractivity contribution in [2.45, 2.75) is 51.7 Å². The summed E-state index contributed by atoms with van der Waals surface area (Å²) in [5.74, 6) is 1.57. The normalized spacial score (nSPS) is 11.1. The van der Waals surface area contributed by atoms with E-state index in [1.54, 1.807) is 0 Å². The van der Waals surface area contributed by atoms with Gasteiger partial charge in [-0.25, -0.2) is 0 Å². The predicted octanol–water partition coefficient (Wildman–Crippen LogP) is 5.52. The van der Waals surface area contributed by atoms with Crippen molar-refractivity contribution in [2.24, 2.45) is 0 Å².